The van der Waals surface area contributed by atoms with Crippen molar-refractivity contribution in [2.45, 2.75) is 6.61 Å². The maximum atomic E-state index is 12.1. The molecule has 0 spiro atoms. The van der Waals surface area contributed by atoms with Crippen LogP contribution < -0.4 is 0 Å². The number of halogens is 4. The first kappa shape index (κ1) is 18.0. The van der Waals surface area contributed by atoms with Gasteiger partial charge in [-0.3, -0.25) is 0 Å². The van der Waals surface area contributed by atoms with E-state index in [0.717, 1.165) is 5.56 Å². The minimum absolute atomic E-state index is 0.0370. The zero-order valence-electron chi connectivity index (χ0n) is 12.3. The molecule has 0 aliphatic rings. The summed E-state index contributed by atoms with van der Waals surface area (Å²) >= 11 is 23.5. The molecule has 0 saturated carbocycles. The number of nitrogens with zero attached hydrogens (tertiary/aromatic N) is 2. The van der Waals surface area contributed by atoms with E-state index < -0.39 is 5.97 Å². The number of aromatic nitrogens is 2. The third-order valence-electron chi connectivity index (χ3n) is 3.12. The van der Waals surface area contributed by atoms with Crippen LogP contribution >= 0.6 is 46.4 Å². The first-order chi connectivity index (χ1) is 12.0. The van der Waals surface area contributed by atoms with Crippen LogP contribution in [-0.2, 0) is 11.3 Å². The molecule has 25 heavy (non-hydrogen) atoms. The van der Waals surface area contributed by atoms with Crippen LogP contribution in [0.25, 0.3) is 11.3 Å². The number of hydrogen-bond acceptors (Lipinski definition) is 5. The molecule has 2 heterocycles. The quantitative estimate of drug-likeness (QED) is 0.402. The summed E-state index contributed by atoms with van der Waals surface area (Å²) in [5.74, 6) is -0.0557. The van der Waals surface area contributed by atoms with Crippen molar-refractivity contribution in [3.63, 3.8) is 0 Å². The van der Waals surface area contributed by atoms with Crippen molar-refractivity contribution >= 4 is 52.4 Å². The number of pyridine rings is 1. The molecule has 3 rings (SSSR count). The zero-order chi connectivity index (χ0) is 18.0. The molecular weight excluding hydrogens is 410 g/mol. The van der Waals surface area contributed by atoms with Gasteiger partial charge < -0.3 is 9.15 Å². The molecule has 1 aromatic carbocycles. The smallest absolute Gasteiger partial charge is 0.359 e. The van der Waals surface area contributed by atoms with E-state index in [0.29, 0.717) is 5.76 Å². The average Bonchev–Trinajstić information content (AvgIpc) is 3.11. The lowest BCUT2D eigenvalue weighted by molar-refractivity contribution is 0.0432. The summed E-state index contributed by atoms with van der Waals surface area (Å²) in [5, 5.41) is -0.396. The maximum absolute atomic E-state index is 12.1. The van der Waals surface area contributed by atoms with Gasteiger partial charge in [-0.1, -0.05) is 76.7 Å². The highest BCUT2D eigenvalue weighted by molar-refractivity contribution is 6.52. The third kappa shape index (κ3) is 3.90. The van der Waals surface area contributed by atoms with Crippen LogP contribution in [0.1, 0.15) is 16.4 Å². The molecule has 0 bridgehead atoms. The summed E-state index contributed by atoms with van der Waals surface area (Å²) in [7, 11) is 0. The van der Waals surface area contributed by atoms with Crippen LogP contribution in [0.4, 0.5) is 0 Å². The number of hydrogen-bond donors (Lipinski definition) is 0. The van der Waals surface area contributed by atoms with Crippen LogP contribution in [-0.4, -0.2) is 15.9 Å². The average molecular weight is 418 g/mol. The molecule has 0 N–H and O–H groups in total. The van der Waals surface area contributed by atoms with Crippen molar-refractivity contribution in [1.29, 1.82) is 0 Å². The fourth-order valence-electron chi connectivity index (χ4n) is 1.93. The van der Waals surface area contributed by atoms with Gasteiger partial charge in [-0.15, -0.1) is 0 Å². The van der Waals surface area contributed by atoms with Gasteiger partial charge in [0, 0.05) is 5.56 Å². The Labute approximate surface area is 162 Å². The van der Waals surface area contributed by atoms with E-state index in [1.807, 2.05) is 30.3 Å². The monoisotopic (exact) mass is 416 g/mol. The Morgan fingerprint density at radius 1 is 1.04 bits per heavy atom. The molecule has 9 heteroatoms. The summed E-state index contributed by atoms with van der Waals surface area (Å²) in [6.45, 7) is -0.207. The molecule has 0 fully saturated rings. The van der Waals surface area contributed by atoms with Crippen molar-refractivity contribution in [3.8, 4) is 11.3 Å². The van der Waals surface area contributed by atoms with Gasteiger partial charge in [-0.05, 0) is 0 Å². The third-order valence-corrected chi connectivity index (χ3v) is 4.79. The Morgan fingerprint density at radius 2 is 1.76 bits per heavy atom. The highest BCUT2D eigenvalue weighted by Crippen LogP contribution is 2.36. The van der Waals surface area contributed by atoms with Crippen LogP contribution in [0.3, 0.4) is 0 Å². The lowest BCUT2D eigenvalue weighted by Gasteiger charge is -2.07. The molecule has 5 nitrogen and oxygen atoms in total. The van der Waals surface area contributed by atoms with Crippen molar-refractivity contribution < 1.29 is 13.9 Å². The highest BCUT2D eigenvalue weighted by Gasteiger charge is 2.22. The van der Waals surface area contributed by atoms with Crippen molar-refractivity contribution in [3.05, 3.63) is 68.3 Å². The Bertz CT molecular complexity index is 929. The predicted molar refractivity (Wildman–Crippen MR) is 95.3 cm³/mol. The summed E-state index contributed by atoms with van der Waals surface area (Å²) in [6, 6.07) is 9.38. The second kappa shape index (κ2) is 7.62. The topological polar surface area (TPSA) is 65.2 Å². The molecule has 128 valence electrons. The summed E-state index contributed by atoms with van der Waals surface area (Å²) in [4.78, 5) is 20.0. The number of oxazole rings is 1. The van der Waals surface area contributed by atoms with Crippen molar-refractivity contribution in [2.24, 2.45) is 0 Å². The first-order valence-electron chi connectivity index (χ1n) is 6.84. The van der Waals surface area contributed by atoms with Crippen LogP contribution in [0.5, 0.6) is 0 Å². The normalized spacial score (nSPS) is 10.7. The zero-order valence-corrected chi connectivity index (χ0v) is 15.3. The SMILES string of the molecule is O=C(OCc1ncc(-c2ccccc2)o1)c1nc(Cl)c(Cl)c(Cl)c1Cl. The van der Waals surface area contributed by atoms with Crippen LogP contribution in [0.2, 0.25) is 20.2 Å². The van der Waals surface area contributed by atoms with Gasteiger partial charge >= 0.3 is 5.97 Å². The van der Waals surface area contributed by atoms with E-state index in [-0.39, 0.29) is 38.4 Å². The van der Waals surface area contributed by atoms with E-state index in [9.17, 15) is 4.79 Å². The molecule has 0 unspecified atom stereocenters. The van der Waals surface area contributed by atoms with Crippen molar-refractivity contribution in [1.82, 2.24) is 9.97 Å². The number of carbonyl (C=O) groups is 1. The molecule has 0 saturated heterocycles. The number of esters is 1. The molecule has 3 aromatic rings. The molecule has 0 amide bonds. The fraction of sp³-hybridized carbons (Fsp3) is 0.0625. The Balaban J connectivity index is 1.73. The maximum Gasteiger partial charge on any atom is 0.359 e. The van der Waals surface area contributed by atoms with Gasteiger partial charge in [0.25, 0.3) is 0 Å². The lowest BCUT2D eigenvalue weighted by atomic mass is 10.2. The van der Waals surface area contributed by atoms with Crippen molar-refractivity contribution in [2.75, 3.05) is 0 Å². The number of benzene rings is 1. The van der Waals surface area contributed by atoms with Gasteiger partial charge in [0.15, 0.2) is 18.1 Å². The number of rotatable bonds is 4. The molecule has 0 aliphatic heterocycles. The van der Waals surface area contributed by atoms with E-state index >= 15 is 0 Å². The Hall–Kier alpha value is -1.79. The van der Waals surface area contributed by atoms with Crippen LogP contribution in [0.15, 0.2) is 40.9 Å². The van der Waals surface area contributed by atoms with E-state index in [4.69, 9.17) is 55.6 Å². The Kier molecular flexibility index (Phi) is 5.49. The van der Waals surface area contributed by atoms with Gasteiger partial charge in [0.05, 0.1) is 21.3 Å². The van der Waals surface area contributed by atoms with Gasteiger partial charge in [0.2, 0.25) is 5.89 Å². The van der Waals surface area contributed by atoms with Gasteiger partial charge in [-0.2, -0.15) is 0 Å². The second-order valence-electron chi connectivity index (χ2n) is 4.75. The largest absolute Gasteiger partial charge is 0.451 e. The van der Waals surface area contributed by atoms with Crippen LogP contribution in [0, 0.1) is 0 Å². The van der Waals surface area contributed by atoms with Gasteiger partial charge in [-0.25, -0.2) is 14.8 Å². The predicted octanol–water partition coefficient (Wildman–Crippen LogP) is 5.71. The summed E-state index contributed by atoms with van der Waals surface area (Å²) in [6.07, 6.45) is 1.54. The minimum Gasteiger partial charge on any atom is -0.451 e. The van der Waals surface area contributed by atoms with E-state index in [1.54, 1.807) is 6.20 Å². The summed E-state index contributed by atoms with van der Waals surface area (Å²) < 4.78 is 10.6. The molecule has 0 aliphatic carbocycles. The fourth-order valence-corrected chi connectivity index (χ4v) is 2.74. The minimum atomic E-state index is -0.829. The molecule has 0 radical (unpaired) electrons. The Morgan fingerprint density at radius 3 is 2.48 bits per heavy atom. The number of carbonyl (C=O) groups excluding carboxylic acids is 1. The van der Waals surface area contributed by atoms with Gasteiger partial charge in [0.1, 0.15) is 5.15 Å². The molecule has 0 atom stereocenters. The summed E-state index contributed by atoms with van der Waals surface area (Å²) in [5.41, 5.74) is 0.615. The number of ether oxygens (including phenoxy) is 1. The van der Waals surface area contributed by atoms with E-state index in [2.05, 4.69) is 9.97 Å². The molecule has 2 aromatic heterocycles. The highest BCUT2D eigenvalue weighted by atomic mass is 35.5. The first-order valence-corrected chi connectivity index (χ1v) is 8.35. The second-order valence-corrected chi connectivity index (χ2v) is 6.25. The molecular formula is C16H8Cl4N2O3. The standard InChI is InChI=1S/C16H8Cl4N2O3/c17-11-12(18)14(22-15(20)13(11)19)16(23)24-7-10-21-6-9(25-10)8-4-2-1-3-5-8/h1-6H,7H2. The van der Waals surface area contributed by atoms with E-state index in [1.165, 1.54) is 0 Å². The lowest BCUT2D eigenvalue weighted by Crippen LogP contribution is -2.09.